The van der Waals surface area contributed by atoms with Crippen molar-refractivity contribution in [2.75, 3.05) is 26.2 Å². The number of carboxylic acid groups (broad SMARTS) is 4. The maximum absolute atomic E-state index is 11.5. The van der Waals surface area contributed by atoms with E-state index in [1.165, 1.54) is 5.32 Å². The van der Waals surface area contributed by atoms with Crippen LogP contribution in [0.15, 0.2) is 0 Å². The Bertz CT molecular complexity index is 717. The molecule has 2 atom stereocenters. The highest BCUT2D eigenvalue weighted by Gasteiger charge is 2.61. The molecule has 2 amide bonds. The SMILES string of the molecule is N#CC(C(=O)O)(N(CCN(CC(=O)O)CC(=O)O)C(NC(N)=O)C(=O)O)[N+](=O)[O-]. The van der Waals surface area contributed by atoms with E-state index >= 15 is 0 Å². The number of nitrogens with two attached hydrogens (primary N) is 1. The first kappa shape index (κ1) is 25.0. The zero-order valence-electron chi connectivity index (χ0n) is 14.4. The molecule has 0 saturated carbocycles. The number of hydrogen-bond donors (Lipinski definition) is 6. The van der Waals surface area contributed by atoms with Gasteiger partial charge in [0.25, 0.3) is 0 Å². The summed E-state index contributed by atoms with van der Waals surface area (Å²) in [4.78, 5) is 66.0. The lowest BCUT2D eigenvalue weighted by atomic mass is 10.1. The highest BCUT2D eigenvalue weighted by molar-refractivity contribution is 5.84. The maximum atomic E-state index is 11.5. The number of carbonyl (C=O) groups excluding carboxylic acids is 1. The van der Waals surface area contributed by atoms with Gasteiger partial charge in [-0.1, -0.05) is 0 Å². The predicted molar refractivity (Wildman–Crippen MR) is 85.5 cm³/mol. The second-order valence-electron chi connectivity index (χ2n) is 5.29. The largest absolute Gasteiger partial charge is 0.480 e. The minimum absolute atomic E-state index is 0.0703. The summed E-state index contributed by atoms with van der Waals surface area (Å²) in [5.41, 5.74) is 1.06. The van der Waals surface area contributed by atoms with Crippen molar-refractivity contribution in [2.45, 2.75) is 11.8 Å². The summed E-state index contributed by atoms with van der Waals surface area (Å²) in [6, 6.07) is -0.682. The maximum Gasteiger partial charge on any atom is 0.461 e. The van der Waals surface area contributed by atoms with E-state index in [-0.39, 0.29) is 4.90 Å². The second-order valence-corrected chi connectivity index (χ2v) is 5.29. The number of amides is 2. The molecular formula is C12H16N6O11. The van der Waals surface area contributed by atoms with Crippen LogP contribution in [0.2, 0.25) is 0 Å². The van der Waals surface area contributed by atoms with Crippen LogP contribution in [-0.4, -0.2) is 103 Å². The molecule has 29 heavy (non-hydrogen) atoms. The summed E-state index contributed by atoms with van der Waals surface area (Å²) in [7, 11) is 0. The molecule has 7 N–H and O–H groups in total. The highest BCUT2D eigenvalue weighted by Crippen LogP contribution is 2.20. The van der Waals surface area contributed by atoms with Gasteiger partial charge < -0.3 is 31.5 Å². The molecule has 160 valence electrons. The number of carboxylic acids is 4. The van der Waals surface area contributed by atoms with Crippen LogP contribution in [-0.2, 0) is 19.2 Å². The molecular weight excluding hydrogens is 404 g/mol. The highest BCUT2D eigenvalue weighted by atomic mass is 16.6. The summed E-state index contributed by atoms with van der Waals surface area (Å²) >= 11 is 0. The Morgan fingerprint density at radius 3 is 1.86 bits per heavy atom. The molecule has 0 heterocycles. The van der Waals surface area contributed by atoms with E-state index in [1.807, 2.05) is 0 Å². The number of aliphatic carboxylic acids is 4. The van der Waals surface area contributed by atoms with Gasteiger partial charge in [-0.2, -0.15) is 10.2 Å². The molecule has 17 heteroatoms. The van der Waals surface area contributed by atoms with Crippen molar-refractivity contribution in [3.05, 3.63) is 10.1 Å². The third-order valence-electron chi connectivity index (χ3n) is 3.33. The first-order chi connectivity index (χ1) is 13.3. The Balaban J connectivity index is 6.24. The molecule has 0 aliphatic heterocycles. The third kappa shape index (κ3) is 6.56. The van der Waals surface area contributed by atoms with Gasteiger partial charge in [0.2, 0.25) is 0 Å². The van der Waals surface area contributed by atoms with E-state index in [9.17, 15) is 44.3 Å². The average molecular weight is 420 g/mol. The second kappa shape index (κ2) is 10.3. The number of nitrogens with one attached hydrogen (secondary N) is 1. The number of nitriles is 1. The lowest BCUT2D eigenvalue weighted by Crippen LogP contribution is -2.69. The van der Waals surface area contributed by atoms with Gasteiger partial charge in [0.1, 0.15) is 0 Å². The molecule has 0 rings (SSSR count). The molecule has 0 spiro atoms. The normalized spacial score (nSPS) is 13.7. The third-order valence-corrected chi connectivity index (χ3v) is 3.33. The standard InChI is InChI=1S/C12H16N6O11/c13-5-12(10(25)26,18(28)29)17(8(9(23)24)15-11(14)27)2-1-16(3-6(19)20)4-7(21)22/h8H,1-4H2,(H,19,20)(H,21,22)(H,23,24)(H,25,26)(H3,14,15,27). The van der Waals surface area contributed by atoms with E-state index in [0.717, 1.165) is 6.07 Å². The monoisotopic (exact) mass is 420 g/mol. The smallest absolute Gasteiger partial charge is 0.461 e. The summed E-state index contributed by atoms with van der Waals surface area (Å²) in [6.07, 6.45) is -2.50. The lowest BCUT2D eigenvalue weighted by molar-refractivity contribution is -0.569. The molecule has 0 aromatic heterocycles. The zero-order chi connectivity index (χ0) is 22.9. The van der Waals surface area contributed by atoms with Crippen molar-refractivity contribution >= 4 is 29.9 Å². The van der Waals surface area contributed by atoms with Gasteiger partial charge in [-0.15, -0.1) is 0 Å². The van der Waals surface area contributed by atoms with Crippen molar-refractivity contribution in [3.8, 4) is 6.07 Å². The molecule has 0 saturated heterocycles. The summed E-state index contributed by atoms with van der Waals surface area (Å²) in [5, 5.41) is 58.1. The molecule has 0 fully saturated rings. The first-order valence-electron chi connectivity index (χ1n) is 7.30. The number of nitrogens with zero attached hydrogens (tertiary/aromatic N) is 4. The van der Waals surface area contributed by atoms with Crippen LogP contribution in [0.5, 0.6) is 0 Å². The number of primary amides is 1. The molecule has 0 aliphatic carbocycles. The van der Waals surface area contributed by atoms with Gasteiger partial charge in [-0.05, 0) is 0 Å². The first-order valence-corrected chi connectivity index (χ1v) is 7.30. The van der Waals surface area contributed by atoms with Crippen LogP contribution in [0.4, 0.5) is 4.79 Å². The molecule has 0 radical (unpaired) electrons. The van der Waals surface area contributed by atoms with E-state index in [1.54, 1.807) is 0 Å². The number of nitro groups is 1. The van der Waals surface area contributed by atoms with E-state index < -0.39 is 72.8 Å². The van der Waals surface area contributed by atoms with E-state index in [0.29, 0.717) is 4.90 Å². The Labute approximate surface area is 160 Å². The predicted octanol–water partition coefficient (Wildman–Crippen LogP) is -3.58. The number of hydrogen-bond acceptors (Lipinski definition) is 10. The van der Waals surface area contributed by atoms with Gasteiger partial charge in [0, 0.05) is 13.1 Å². The van der Waals surface area contributed by atoms with Gasteiger partial charge in [-0.25, -0.2) is 14.4 Å². The Morgan fingerprint density at radius 2 is 1.59 bits per heavy atom. The van der Waals surface area contributed by atoms with Crippen molar-refractivity contribution in [2.24, 2.45) is 5.73 Å². The molecule has 0 aromatic carbocycles. The van der Waals surface area contributed by atoms with Gasteiger partial charge in [0.05, 0.1) is 18.0 Å². The fraction of sp³-hybridized carbons (Fsp3) is 0.500. The molecule has 0 aromatic rings. The summed E-state index contributed by atoms with van der Waals surface area (Å²) in [5.74, 6) is -7.47. The van der Waals surface area contributed by atoms with Crippen LogP contribution in [0.1, 0.15) is 0 Å². The van der Waals surface area contributed by atoms with Crippen LogP contribution in [0.25, 0.3) is 0 Å². The average Bonchev–Trinajstić information content (AvgIpc) is 2.54. The quantitative estimate of drug-likeness (QED) is 0.0954. The van der Waals surface area contributed by atoms with Gasteiger partial charge >= 0.3 is 35.6 Å². The molecule has 0 bridgehead atoms. The summed E-state index contributed by atoms with van der Waals surface area (Å²) < 4.78 is 0. The fourth-order valence-corrected chi connectivity index (χ4v) is 2.19. The van der Waals surface area contributed by atoms with E-state index in [2.05, 4.69) is 0 Å². The minimum Gasteiger partial charge on any atom is -0.480 e. The van der Waals surface area contributed by atoms with Crippen LogP contribution < -0.4 is 11.1 Å². The molecule has 2 unspecified atom stereocenters. The lowest BCUT2D eigenvalue weighted by Gasteiger charge is -2.33. The Kier molecular flexibility index (Phi) is 8.89. The Hall–Kier alpha value is -4.04. The number of urea groups is 1. The van der Waals surface area contributed by atoms with Crippen LogP contribution in [0.3, 0.4) is 0 Å². The Morgan fingerprint density at radius 1 is 1.10 bits per heavy atom. The zero-order valence-corrected chi connectivity index (χ0v) is 14.4. The van der Waals surface area contributed by atoms with Crippen molar-refractivity contribution in [3.63, 3.8) is 0 Å². The number of rotatable bonds is 13. The van der Waals surface area contributed by atoms with Gasteiger partial charge in [-0.3, -0.25) is 24.6 Å². The molecule has 0 aliphatic rings. The van der Waals surface area contributed by atoms with Crippen LogP contribution in [0, 0.1) is 21.4 Å². The summed E-state index contributed by atoms with van der Waals surface area (Å²) in [6.45, 7) is -3.59. The van der Waals surface area contributed by atoms with Crippen LogP contribution >= 0.6 is 0 Å². The van der Waals surface area contributed by atoms with Crippen molar-refractivity contribution in [1.29, 1.82) is 5.26 Å². The number of carbonyl (C=O) groups is 5. The van der Waals surface area contributed by atoms with E-state index in [4.69, 9.17) is 21.2 Å². The van der Waals surface area contributed by atoms with Gasteiger partial charge in [0.15, 0.2) is 12.2 Å². The molecule has 17 nitrogen and oxygen atoms in total. The minimum atomic E-state index is -3.73. The van der Waals surface area contributed by atoms with Crippen molar-refractivity contribution < 1.29 is 49.3 Å². The van der Waals surface area contributed by atoms with Crippen molar-refractivity contribution in [1.82, 2.24) is 15.1 Å². The topological polar surface area (TPSA) is 278 Å². The fourth-order valence-electron chi connectivity index (χ4n) is 2.19.